The molecular formula is C26H19ClN2O8. The van der Waals surface area contributed by atoms with Crippen LogP contribution >= 0.6 is 11.6 Å². The van der Waals surface area contributed by atoms with E-state index in [2.05, 4.69) is 4.99 Å². The molecule has 3 aromatic rings. The summed E-state index contributed by atoms with van der Waals surface area (Å²) in [6.45, 7) is 2.01. The van der Waals surface area contributed by atoms with Gasteiger partial charge in [0, 0.05) is 17.2 Å². The fourth-order valence-corrected chi connectivity index (χ4v) is 3.57. The molecule has 0 fully saturated rings. The van der Waals surface area contributed by atoms with Crippen LogP contribution in [0.1, 0.15) is 28.4 Å². The standard InChI is InChI=1S/C26H19ClN2O8/c1-3-35-23-12-15(7-9-22(23)36-25(30)16-5-4-6-18(13-16)29(32)33)11-20-26(31)37-24(28-20)19-14-17(27)8-10-21(19)34-2/h4-14H,3H2,1-2H3/b20-11-. The van der Waals surface area contributed by atoms with E-state index in [1.165, 1.54) is 37.5 Å². The summed E-state index contributed by atoms with van der Waals surface area (Å²) >= 11 is 6.07. The predicted octanol–water partition coefficient (Wildman–Crippen LogP) is 5.22. The third-order valence-electron chi connectivity index (χ3n) is 5.08. The van der Waals surface area contributed by atoms with Gasteiger partial charge in [0.05, 0.1) is 29.8 Å². The highest BCUT2D eigenvalue weighted by atomic mass is 35.5. The number of cyclic esters (lactones) is 1. The third kappa shape index (κ3) is 5.76. The minimum Gasteiger partial charge on any atom is -0.496 e. The Labute approximate surface area is 215 Å². The number of carbonyl (C=O) groups is 2. The second-order valence-electron chi connectivity index (χ2n) is 7.52. The van der Waals surface area contributed by atoms with Gasteiger partial charge in [-0.3, -0.25) is 10.1 Å². The van der Waals surface area contributed by atoms with Crippen LogP contribution in [-0.4, -0.2) is 36.5 Å². The minimum atomic E-state index is -0.792. The first-order valence-corrected chi connectivity index (χ1v) is 11.3. The Morgan fingerprint density at radius 1 is 1.11 bits per heavy atom. The molecule has 0 bridgehead atoms. The first-order valence-electron chi connectivity index (χ1n) is 10.9. The number of methoxy groups -OCH3 is 1. The van der Waals surface area contributed by atoms with Crippen molar-refractivity contribution in [2.24, 2.45) is 4.99 Å². The normalized spacial score (nSPS) is 13.6. The summed E-state index contributed by atoms with van der Waals surface area (Å²) in [6, 6.07) is 14.7. The summed E-state index contributed by atoms with van der Waals surface area (Å²) in [6.07, 6.45) is 1.49. The van der Waals surface area contributed by atoms with Crippen LogP contribution in [0.5, 0.6) is 17.2 Å². The summed E-state index contributed by atoms with van der Waals surface area (Å²) in [5, 5.41) is 11.4. The van der Waals surface area contributed by atoms with Crippen LogP contribution in [0.4, 0.5) is 5.69 Å². The van der Waals surface area contributed by atoms with Gasteiger partial charge >= 0.3 is 11.9 Å². The SMILES string of the molecule is CCOc1cc(/C=C2\N=C(c3cc(Cl)ccc3OC)OC2=O)ccc1OC(=O)c1cccc([N+](=O)[O-])c1. The number of hydrogen-bond donors (Lipinski definition) is 0. The topological polar surface area (TPSA) is 127 Å². The van der Waals surface area contributed by atoms with Crippen LogP contribution in [0, 0.1) is 10.1 Å². The van der Waals surface area contributed by atoms with Crippen molar-refractivity contribution < 1.29 is 33.5 Å². The fourth-order valence-electron chi connectivity index (χ4n) is 3.40. The average Bonchev–Trinajstić information content (AvgIpc) is 3.25. The maximum atomic E-state index is 12.6. The molecule has 3 aromatic carbocycles. The molecule has 1 heterocycles. The molecule has 188 valence electrons. The van der Waals surface area contributed by atoms with Gasteiger partial charge in [-0.2, -0.15) is 0 Å². The predicted molar refractivity (Wildman–Crippen MR) is 134 cm³/mol. The van der Waals surface area contributed by atoms with Gasteiger partial charge in [0.25, 0.3) is 5.69 Å². The summed E-state index contributed by atoms with van der Waals surface area (Å²) in [5.41, 5.74) is 0.745. The number of nitro groups is 1. The Hall–Kier alpha value is -4.70. The van der Waals surface area contributed by atoms with Gasteiger partial charge in [-0.05, 0) is 55.0 Å². The number of benzene rings is 3. The lowest BCUT2D eigenvalue weighted by atomic mass is 10.1. The van der Waals surface area contributed by atoms with Crippen LogP contribution in [0.15, 0.2) is 71.4 Å². The van der Waals surface area contributed by atoms with E-state index in [1.54, 1.807) is 37.3 Å². The zero-order valence-electron chi connectivity index (χ0n) is 19.6. The molecule has 11 heteroatoms. The highest BCUT2D eigenvalue weighted by molar-refractivity contribution is 6.31. The Morgan fingerprint density at radius 2 is 1.89 bits per heavy atom. The summed E-state index contributed by atoms with van der Waals surface area (Å²) in [4.78, 5) is 39.7. The molecule has 0 unspecified atom stereocenters. The van der Waals surface area contributed by atoms with E-state index in [0.717, 1.165) is 6.07 Å². The first kappa shape index (κ1) is 25.4. The maximum absolute atomic E-state index is 12.6. The number of esters is 2. The number of non-ortho nitro benzene ring substituents is 1. The van der Waals surface area contributed by atoms with E-state index in [4.69, 9.17) is 30.5 Å². The van der Waals surface area contributed by atoms with Gasteiger partial charge in [0.1, 0.15) is 5.75 Å². The van der Waals surface area contributed by atoms with E-state index in [-0.39, 0.29) is 41.0 Å². The van der Waals surface area contributed by atoms with Crippen LogP contribution in [-0.2, 0) is 9.53 Å². The minimum absolute atomic E-state index is 0.00912. The van der Waals surface area contributed by atoms with Crippen molar-refractivity contribution in [2.45, 2.75) is 6.92 Å². The molecule has 0 saturated carbocycles. The van der Waals surface area contributed by atoms with Crippen LogP contribution in [0.2, 0.25) is 5.02 Å². The highest BCUT2D eigenvalue weighted by Gasteiger charge is 2.27. The van der Waals surface area contributed by atoms with E-state index in [1.807, 2.05) is 0 Å². The van der Waals surface area contributed by atoms with Crippen molar-refractivity contribution in [1.82, 2.24) is 0 Å². The molecule has 10 nitrogen and oxygen atoms in total. The number of carbonyl (C=O) groups excluding carboxylic acids is 2. The summed E-state index contributed by atoms with van der Waals surface area (Å²) in [7, 11) is 1.48. The molecule has 0 radical (unpaired) electrons. The maximum Gasteiger partial charge on any atom is 0.363 e. The fraction of sp³-hybridized carbons (Fsp3) is 0.115. The number of aliphatic imine (C=N–C) groups is 1. The molecule has 0 spiro atoms. The molecule has 0 atom stereocenters. The third-order valence-corrected chi connectivity index (χ3v) is 5.31. The van der Waals surface area contributed by atoms with E-state index < -0.39 is 16.9 Å². The van der Waals surface area contributed by atoms with Crippen molar-refractivity contribution in [2.75, 3.05) is 13.7 Å². The average molecular weight is 523 g/mol. The van der Waals surface area contributed by atoms with Gasteiger partial charge in [-0.15, -0.1) is 0 Å². The van der Waals surface area contributed by atoms with Crippen molar-refractivity contribution in [3.8, 4) is 17.2 Å². The van der Waals surface area contributed by atoms with Crippen LogP contribution in [0.25, 0.3) is 6.08 Å². The first-order chi connectivity index (χ1) is 17.8. The molecule has 0 aliphatic carbocycles. The zero-order chi connectivity index (χ0) is 26.5. The number of nitrogens with zero attached hydrogens (tertiary/aromatic N) is 2. The van der Waals surface area contributed by atoms with Gasteiger partial charge < -0.3 is 18.9 Å². The largest absolute Gasteiger partial charge is 0.496 e. The van der Waals surface area contributed by atoms with Gasteiger partial charge in [0.2, 0.25) is 5.90 Å². The van der Waals surface area contributed by atoms with Gasteiger partial charge in [-0.1, -0.05) is 23.7 Å². The molecule has 0 N–H and O–H groups in total. The number of halogens is 1. The van der Waals surface area contributed by atoms with Gasteiger partial charge in [0.15, 0.2) is 17.2 Å². The second kappa shape index (κ2) is 10.9. The van der Waals surface area contributed by atoms with E-state index in [0.29, 0.717) is 21.9 Å². The Balaban J connectivity index is 1.61. The molecule has 1 aliphatic rings. The quantitative estimate of drug-likeness (QED) is 0.129. The molecule has 0 saturated heterocycles. The van der Waals surface area contributed by atoms with Gasteiger partial charge in [-0.25, -0.2) is 14.6 Å². The highest BCUT2D eigenvalue weighted by Crippen LogP contribution is 2.32. The molecule has 37 heavy (non-hydrogen) atoms. The number of ether oxygens (including phenoxy) is 4. The molecular weight excluding hydrogens is 504 g/mol. The molecule has 1 aliphatic heterocycles. The van der Waals surface area contributed by atoms with E-state index >= 15 is 0 Å². The van der Waals surface area contributed by atoms with E-state index in [9.17, 15) is 19.7 Å². The van der Waals surface area contributed by atoms with Crippen molar-refractivity contribution in [3.63, 3.8) is 0 Å². The summed E-state index contributed by atoms with van der Waals surface area (Å²) in [5.74, 6) is -0.657. The number of nitro benzene ring substituents is 1. The molecule has 4 rings (SSSR count). The van der Waals surface area contributed by atoms with Crippen molar-refractivity contribution in [3.05, 3.63) is 98.2 Å². The Kier molecular flexibility index (Phi) is 7.49. The molecule has 0 amide bonds. The van der Waals surface area contributed by atoms with Crippen LogP contribution in [0.3, 0.4) is 0 Å². The zero-order valence-corrected chi connectivity index (χ0v) is 20.4. The second-order valence-corrected chi connectivity index (χ2v) is 7.95. The number of rotatable bonds is 8. The van der Waals surface area contributed by atoms with Crippen molar-refractivity contribution >= 4 is 41.2 Å². The van der Waals surface area contributed by atoms with Crippen LogP contribution < -0.4 is 14.2 Å². The smallest absolute Gasteiger partial charge is 0.363 e. The Morgan fingerprint density at radius 3 is 2.62 bits per heavy atom. The lowest BCUT2D eigenvalue weighted by Crippen LogP contribution is -2.10. The number of hydrogen-bond acceptors (Lipinski definition) is 9. The lowest BCUT2D eigenvalue weighted by Gasteiger charge is -2.11. The lowest BCUT2D eigenvalue weighted by molar-refractivity contribution is -0.384. The van der Waals surface area contributed by atoms with Crippen molar-refractivity contribution in [1.29, 1.82) is 0 Å². The molecule has 0 aromatic heterocycles. The Bertz CT molecular complexity index is 1460. The monoisotopic (exact) mass is 522 g/mol. The summed E-state index contributed by atoms with van der Waals surface area (Å²) < 4.78 is 21.6.